The van der Waals surface area contributed by atoms with Gasteiger partial charge in [0.15, 0.2) is 0 Å². The first kappa shape index (κ1) is 14.6. The second-order valence-corrected chi connectivity index (χ2v) is 4.61. The van der Waals surface area contributed by atoms with Gasteiger partial charge in [0.25, 0.3) is 5.91 Å². The van der Waals surface area contributed by atoms with Crippen LogP contribution in [0.25, 0.3) is 0 Å². The predicted octanol–water partition coefficient (Wildman–Crippen LogP) is 3.25. The van der Waals surface area contributed by atoms with Crippen LogP contribution in [0.15, 0.2) is 24.3 Å². The molecule has 1 rings (SSSR count). The smallest absolute Gasteiger partial charge is 0.251 e. The monoisotopic (exact) mass is 249 g/mol. The van der Waals surface area contributed by atoms with Crippen LogP contribution < -0.4 is 10.1 Å². The van der Waals surface area contributed by atoms with Gasteiger partial charge in [-0.2, -0.15) is 0 Å². The fourth-order valence-electron chi connectivity index (χ4n) is 1.68. The molecule has 0 bridgehead atoms. The SMILES string of the molecule is CCOc1cccc(C(=O)N[C@H](C)C(C)CC)c1. The van der Waals surface area contributed by atoms with E-state index in [0.717, 1.165) is 12.2 Å². The molecule has 1 amide bonds. The van der Waals surface area contributed by atoms with Crippen LogP contribution in [0, 0.1) is 5.92 Å². The zero-order chi connectivity index (χ0) is 13.5. The molecule has 1 aromatic carbocycles. The minimum absolute atomic E-state index is 0.0376. The summed E-state index contributed by atoms with van der Waals surface area (Å²) in [6.45, 7) is 8.84. The number of rotatable bonds is 6. The van der Waals surface area contributed by atoms with Gasteiger partial charge in [-0.05, 0) is 38.0 Å². The molecule has 1 aromatic rings. The Morgan fingerprint density at radius 3 is 2.67 bits per heavy atom. The van der Waals surface area contributed by atoms with E-state index in [-0.39, 0.29) is 11.9 Å². The number of hydrogen-bond donors (Lipinski definition) is 1. The number of carbonyl (C=O) groups excluding carboxylic acids is 1. The second-order valence-electron chi connectivity index (χ2n) is 4.61. The van der Waals surface area contributed by atoms with Gasteiger partial charge in [0, 0.05) is 11.6 Å². The summed E-state index contributed by atoms with van der Waals surface area (Å²) < 4.78 is 5.39. The molecule has 0 aromatic heterocycles. The van der Waals surface area contributed by atoms with Gasteiger partial charge in [0.1, 0.15) is 5.75 Å². The van der Waals surface area contributed by atoms with Crippen molar-refractivity contribution in [3.63, 3.8) is 0 Å². The van der Waals surface area contributed by atoms with Gasteiger partial charge >= 0.3 is 0 Å². The Bertz CT molecular complexity index is 390. The third-order valence-corrected chi connectivity index (χ3v) is 3.26. The van der Waals surface area contributed by atoms with E-state index in [2.05, 4.69) is 19.2 Å². The van der Waals surface area contributed by atoms with E-state index in [1.54, 1.807) is 12.1 Å². The van der Waals surface area contributed by atoms with E-state index in [1.807, 2.05) is 26.0 Å². The molecule has 3 heteroatoms. The van der Waals surface area contributed by atoms with Gasteiger partial charge in [-0.1, -0.05) is 26.3 Å². The van der Waals surface area contributed by atoms with E-state index < -0.39 is 0 Å². The molecule has 0 fully saturated rings. The Morgan fingerprint density at radius 1 is 1.33 bits per heavy atom. The molecule has 3 nitrogen and oxygen atoms in total. The highest BCUT2D eigenvalue weighted by molar-refractivity contribution is 5.94. The highest BCUT2D eigenvalue weighted by Gasteiger charge is 2.14. The first-order chi connectivity index (χ1) is 8.58. The van der Waals surface area contributed by atoms with E-state index >= 15 is 0 Å². The Morgan fingerprint density at radius 2 is 2.06 bits per heavy atom. The number of amides is 1. The maximum Gasteiger partial charge on any atom is 0.251 e. The second kappa shape index (κ2) is 7.04. The van der Waals surface area contributed by atoms with Crippen LogP contribution in [0.4, 0.5) is 0 Å². The van der Waals surface area contributed by atoms with Crippen LogP contribution in [0.1, 0.15) is 44.5 Å². The molecular formula is C15H23NO2. The lowest BCUT2D eigenvalue weighted by Crippen LogP contribution is -2.36. The lowest BCUT2D eigenvalue weighted by Gasteiger charge is -2.20. The Labute approximate surface area is 110 Å². The van der Waals surface area contributed by atoms with E-state index in [4.69, 9.17) is 4.74 Å². The highest BCUT2D eigenvalue weighted by Crippen LogP contribution is 2.14. The quantitative estimate of drug-likeness (QED) is 0.840. The zero-order valence-electron chi connectivity index (χ0n) is 11.7. The van der Waals surface area contributed by atoms with E-state index in [0.29, 0.717) is 18.1 Å². The van der Waals surface area contributed by atoms with Crippen molar-refractivity contribution in [2.45, 2.75) is 40.2 Å². The Balaban J connectivity index is 2.69. The number of benzene rings is 1. The zero-order valence-corrected chi connectivity index (χ0v) is 11.7. The third-order valence-electron chi connectivity index (χ3n) is 3.26. The van der Waals surface area contributed by atoms with Crippen molar-refractivity contribution in [3.05, 3.63) is 29.8 Å². The lowest BCUT2D eigenvalue weighted by molar-refractivity contribution is 0.0927. The Hall–Kier alpha value is -1.51. The van der Waals surface area contributed by atoms with Crippen molar-refractivity contribution in [1.82, 2.24) is 5.32 Å². The van der Waals surface area contributed by atoms with Crippen LogP contribution >= 0.6 is 0 Å². The largest absolute Gasteiger partial charge is 0.494 e. The summed E-state index contributed by atoms with van der Waals surface area (Å²) in [7, 11) is 0. The average Bonchev–Trinajstić information content (AvgIpc) is 2.38. The van der Waals surface area contributed by atoms with Gasteiger partial charge < -0.3 is 10.1 Å². The highest BCUT2D eigenvalue weighted by atomic mass is 16.5. The third kappa shape index (κ3) is 4.06. The van der Waals surface area contributed by atoms with Crippen molar-refractivity contribution in [1.29, 1.82) is 0 Å². The molecule has 0 spiro atoms. The molecule has 1 unspecified atom stereocenters. The van der Waals surface area contributed by atoms with Gasteiger partial charge in [-0.3, -0.25) is 4.79 Å². The summed E-state index contributed by atoms with van der Waals surface area (Å²) >= 11 is 0. The van der Waals surface area contributed by atoms with Crippen LogP contribution in [-0.4, -0.2) is 18.6 Å². The molecule has 0 heterocycles. The number of hydrogen-bond acceptors (Lipinski definition) is 2. The molecule has 2 atom stereocenters. The molecule has 1 N–H and O–H groups in total. The molecule has 0 saturated carbocycles. The minimum atomic E-state index is -0.0376. The van der Waals surface area contributed by atoms with Gasteiger partial charge in [0.05, 0.1) is 6.61 Å². The van der Waals surface area contributed by atoms with Crippen molar-refractivity contribution in [2.24, 2.45) is 5.92 Å². The van der Waals surface area contributed by atoms with Crippen molar-refractivity contribution in [3.8, 4) is 5.75 Å². The van der Waals surface area contributed by atoms with Crippen LogP contribution in [0.5, 0.6) is 5.75 Å². The first-order valence-corrected chi connectivity index (χ1v) is 6.62. The fraction of sp³-hybridized carbons (Fsp3) is 0.533. The van der Waals surface area contributed by atoms with E-state index in [9.17, 15) is 4.79 Å². The minimum Gasteiger partial charge on any atom is -0.494 e. The average molecular weight is 249 g/mol. The summed E-state index contributed by atoms with van der Waals surface area (Å²) in [5.74, 6) is 1.18. The maximum absolute atomic E-state index is 12.1. The molecule has 0 aliphatic heterocycles. The summed E-state index contributed by atoms with van der Waals surface area (Å²) in [6, 6.07) is 7.47. The standard InChI is InChI=1S/C15H23NO2/c1-5-11(3)12(4)16-15(17)13-8-7-9-14(10-13)18-6-2/h7-12H,5-6H2,1-4H3,(H,16,17)/t11?,12-/m1/s1. The molecular weight excluding hydrogens is 226 g/mol. The molecule has 0 aliphatic rings. The summed E-state index contributed by atoms with van der Waals surface area (Å²) in [5.41, 5.74) is 0.649. The van der Waals surface area contributed by atoms with E-state index in [1.165, 1.54) is 0 Å². The molecule has 0 saturated heterocycles. The molecule has 0 radical (unpaired) electrons. The molecule has 0 aliphatic carbocycles. The lowest BCUT2D eigenvalue weighted by atomic mass is 10.0. The summed E-state index contributed by atoms with van der Waals surface area (Å²) in [4.78, 5) is 12.1. The van der Waals surface area contributed by atoms with Crippen molar-refractivity contribution < 1.29 is 9.53 Å². The van der Waals surface area contributed by atoms with Gasteiger partial charge in [-0.15, -0.1) is 0 Å². The topological polar surface area (TPSA) is 38.3 Å². The number of ether oxygens (including phenoxy) is 1. The summed E-state index contributed by atoms with van der Waals surface area (Å²) in [6.07, 6.45) is 1.06. The van der Waals surface area contributed by atoms with Crippen molar-refractivity contribution in [2.75, 3.05) is 6.61 Å². The number of carbonyl (C=O) groups is 1. The molecule has 100 valence electrons. The predicted molar refractivity (Wildman–Crippen MR) is 74.0 cm³/mol. The van der Waals surface area contributed by atoms with Crippen molar-refractivity contribution >= 4 is 5.91 Å². The van der Waals surface area contributed by atoms with Gasteiger partial charge in [0.2, 0.25) is 0 Å². The summed E-state index contributed by atoms with van der Waals surface area (Å²) in [5, 5.41) is 3.02. The fourth-order valence-corrected chi connectivity index (χ4v) is 1.68. The van der Waals surface area contributed by atoms with Crippen LogP contribution in [0.3, 0.4) is 0 Å². The number of nitrogens with one attached hydrogen (secondary N) is 1. The normalized spacial score (nSPS) is 13.8. The van der Waals surface area contributed by atoms with Crippen LogP contribution in [-0.2, 0) is 0 Å². The Kier molecular flexibility index (Phi) is 5.69. The van der Waals surface area contributed by atoms with Gasteiger partial charge in [-0.25, -0.2) is 0 Å². The first-order valence-electron chi connectivity index (χ1n) is 6.62. The maximum atomic E-state index is 12.1. The van der Waals surface area contributed by atoms with Crippen LogP contribution in [0.2, 0.25) is 0 Å². The molecule has 18 heavy (non-hydrogen) atoms.